The zero-order valence-corrected chi connectivity index (χ0v) is 12.6. The molecular weight excluding hydrogens is 266 g/mol. The average molecular weight is 287 g/mol. The minimum absolute atomic E-state index is 0.0466. The minimum atomic E-state index is -0.860. The molecule has 0 radical (unpaired) electrons. The van der Waals surface area contributed by atoms with Crippen molar-refractivity contribution in [1.82, 2.24) is 9.80 Å². The number of oxime groups is 1. The van der Waals surface area contributed by atoms with E-state index < -0.39 is 5.60 Å². The summed E-state index contributed by atoms with van der Waals surface area (Å²) in [6.45, 7) is 5.18. The summed E-state index contributed by atoms with van der Waals surface area (Å²) in [4.78, 5) is 22.4. The molecule has 1 amide bonds. The van der Waals surface area contributed by atoms with Crippen LogP contribution in [0.5, 0.6) is 0 Å². The lowest BCUT2D eigenvalue weighted by Gasteiger charge is -2.36. The summed E-state index contributed by atoms with van der Waals surface area (Å²) >= 11 is 0. The molecule has 5 heteroatoms. The summed E-state index contributed by atoms with van der Waals surface area (Å²) in [6.07, 6.45) is 0.530. The first-order valence-electron chi connectivity index (χ1n) is 7.37. The standard InChI is InChI=1S/C16H21N3O2/c1-16(15(20)19-10-8-18(2)9-11-19)12-14(17-21-16)13-6-4-3-5-7-13/h3-7H,8-12H2,1-2H3/t16-/m1/s1. The third-order valence-electron chi connectivity index (χ3n) is 4.21. The highest BCUT2D eigenvalue weighted by Crippen LogP contribution is 2.28. The lowest BCUT2D eigenvalue weighted by molar-refractivity contribution is -0.154. The molecular formula is C16H21N3O2. The maximum Gasteiger partial charge on any atom is 0.269 e. The normalized spacial score (nSPS) is 26.4. The molecule has 0 saturated carbocycles. The fourth-order valence-corrected chi connectivity index (χ4v) is 2.78. The van der Waals surface area contributed by atoms with Gasteiger partial charge < -0.3 is 14.6 Å². The first-order chi connectivity index (χ1) is 10.1. The lowest BCUT2D eigenvalue weighted by atomic mass is 9.94. The van der Waals surface area contributed by atoms with Crippen molar-refractivity contribution in [3.63, 3.8) is 0 Å². The van der Waals surface area contributed by atoms with E-state index in [2.05, 4.69) is 17.1 Å². The van der Waals surface area contributed by atoms with Crippen LogP contribution in [0.4, 0.5) is 0 Å². The number of carbonyl (C=O) groups is 1. The molecule has 5 nitrogen and oxygen atoms in total. The van der Waals surface area contributed by atoms with Gasteiger partial charge in [0, 0.05) is 32.6 Å². The molecule has 0 aliphatic carbocycles. The number of likely N-dealkylation sites (N-methyl/N-ethyl adjacent to an activating group) is 1. The van der Waals surface area contributed by atoms with Crippen LogP contribution in [0.2, 0.25) is 0 Å². The van der Waals surface area contributed by atoms with E-state index in [0.717, 1.165) is 37.5 Å². The van der Waals surface area contributed by atoms with Gasteiger partial charge in [-0.05, 0) is 19.5 Å². The van der Waals surface area contributed by atoms with Crippen LogP contribution in [0.25, 0.3) is 0 Å². The van der Waals surface area contributed by atoms with E-state index in [1.54, 1.807) is 0 Å². The van der Waals surface area contributed by atoms with Crippen LogP contribution in [0.3, 0.4) is 0 Å². The van der Waals surface area contributed by atoms with Gasteiger partial charge in [-0.2, -0.15) is 0 Å². The van der Waals surface area contributed by atoms with Crippen LogP contribution >= 0.6 is 0 Å². The van der Waals surface area contributed by atoms with Gasteiger partial charge >= 0.3 is 0 Å². The van der Waals surface area contributed by atoms with Crippen molar-refractivity contribution in [2.24, 2.45) is 5.16 Å². The highest BCUT2D eigenvalue weighted by Gasteiger charge is 2.45. The predicted octanol–water partition coefficient (Wildman–Crippen LogP) is 1.34. The SMILES string of the molecule is CN1CCN(C(=O)[C@@]2(C)CC(c3ccccc3)=NO2)CC1. The second-order valence-corrected chi connectivity index (χ2v) is 6.00. The van der Waals surface area contributed by atoms with Crippen molar-refractivity contribution in [2.75, 3.05) is 33.2 Å². The number of nitrogens with zero attached hydrogens (tertiary/aromatic N) is 3. The molecule has 3 rings (SSSR count). The summed E-state index contributed by atoms with van der Waals surface area (Å²) in [7, 11) is 2.08. The van der Waals surface area contributed by atoms with Gasteiger partial charge in [-0.3, -0.25) is 4.79 Å². The topological polar surface area (TPSA) is 45.1 Å². The molecule has 1 atom stereocenters. The molecule has 2 heterocycles. The number of piperazine rings is 1. The van der Waals surface area contributed by atoms with E-state index in [1.165, 1.54) is 0 Å². The quantitative estimate of drug-likeness (QED) is 0.824. The molecule has 2 aliphatic heterocycles. The highest BCUT2D eigenvalue weighted by molar-refractivity contribution is 6.05. The highest BCUT2D eigenvalue weighted by atomic mass is 16.7. The van der Waals surface area contributed by atoms with Crippen LogP contribution in [0.1, 0.15) is 18.9 Å². The third kappa shape index (κ3) is 2.78. The number of rotatable bonds is 2. The number of carbonyl (C=O) groups excluding carboxylic acids is 1. The molecule has 21 heavy (non-hydrogen) atoms. The molecule has 1 saturated heterocycles. The van der Waals surface area contributed by atoms with Crippen molar-refractivity contribution in [3.8, 4) is 0 Å². The Bertz CT molecular complexity index is 550. The predicted molar refractivity (Wildman–Crippen MR) is 81.2 cm³/mol. The van der Waals surface area contributed by atoms with E-state index >= 15 is 0 Å². The fraction of sp³-hybridized carbons (Fsp3) is 0.500. The van der Waals surface area contributed by atoms with Crippen molar-refractivity contribution in [2.45, 2.75) is 18.9 Å². The molecule has 1 fully saturated rings. The Labute approximate surface area is 125 Å². The van der Waals surface area contributed by atoms with Crippen LogP contribution in [0, 0.1) is 0 Å². The van der Waals surface area contributed by atoms with Crippen molar-refractivity contribution in [1.29, 1.82) is 0 Å². The third-order valence-corrected chi connectivity index (χ3v) is 4.21. The van der Waals surface area contributed by atoms with Crippen LogP contribution in [-0.4, -0.2) is 60.2 Å². The number of benzene rings is 1. The molecule has 0 bridgehead atoms. The van der Waals surface area contributed by atoms with Crippen molar-refractivity contribution in [3.05, 3.63) is 35.9 Å². The van der Waals surface area contributed by atoms with Gasteiger partial charge in [0.05, 0.1) is 5.71 Å². The van der Waals surface area contributed by atoms with E-state index in [-0.39, 0.29) is 5.91 Å². The minimum Gasteiger partial charge on any atom is -0.379 e. The van der Waals surface area contributed by atoms with E-state index in [9.17, 15) is 4.79 Å². The first kappa shape index (κ1) is 14.1. The average Bonchev–Trinajstić information content (AvgIpc) is 2.92. The lowest BCUT2D eigenvalue weighted by Crippen LogP contribution is -2.54. The molecule has 1 aromatic carbocycles. The maximum atomic E-state index is 12.7. The molecule has 1 aromatic rings. The molecule has 112 valence electrons. The molecule has 0 unspecified atom stereocenters. The van der Waals surface area contributed by atoms with Crippen LogP contribution in [-0.2, 0) is 9.63 Å². The summed E-state index contributed by atoms with van der Waals surface area (Å²) in [6, 6.07) is 9.89. The largest absolute Gasteiger partial charge is 0.379 e. The maximum absolute atomic E-state index is 12.7. The zero-order valence-electron chi connectivity index (χ0n) is 12.6. The van der Waals surface area contributed by atoms with Gasteiger partial charge in [0.15, 0.2) is 0 Å². The van der Waals surface area contributed by atoms with E-state index in [4.69, 9.17) is 4.84 Å². The second-order valence-electron chi connectivity index (χ2n) is 6.00. The monoisotopic (exact) mass is 287 g/mol. The Morgan fingerprint density at radius 2 is 1.86 bits per heavy atom. The summed E-state index contributed by atoms with van der Waals surface area (Å²) in [5.41, 5.74) is 1.01. The van der Waals surface area contributed by atoms with Crippen LogP contribution in [0.15, 0.2) is 35.5 Å². The van der Waals surface area contributed by atoms with Crippen molar-refractivity contribution >= 4 is 11.6 Å². The van der Waals surface area contributed by atoms with E-state index in [0.29, 0.717) is 6.42 Å². The van der Waals surface area contributed by atoms with Gasteiger partial charge in [0.1, 0.15) is 0 Å². The number of amides is 1. The second kappa shape index (κ2) is 5.48. The molecule has 0 N–H and O–H groups in total. The summed E-state index contributed by atoms with van der Waals surface area (Å²) in [5, 5.41) is 4.15. The Kier molecular flexibility index (Phi) is 3.68. The number of hydrogen-bond donors (Lipinski definition) is 0. The van der Waals surface area contributed by atoms with Crippen molar-refractivity contribution < 1.29 is 9.63 Å². The first-order valence-corrected chi connectivity index (χ1v) is 7.37. The van der Waals surface area contributed by atoms with Gasteiger partial charge in [-0.1, -0.05) is 35.5 Å². The Morgan fingerprint density at radius 1 is 1.19 bits per heavy atom. The zero-order chi connectivity index (χ0) is 14.9. The van der Waals surface area contributed by atoms with Gasteiger partial charge in [-0.15, -0.1) is 0 Å². The molecule has 2 aliphatic rings. The fourth-order valence-electron chi connectivity index (χ4n) is 2.78. The summed E-state index contributed by atoms with van der Waals surface area (Å²) in [5.74, 6) is 0.0466. The Morgan fingerprint density at radius 3 is 2.52 bits per heavy atom. The van der Waals surface area contributed by atoms with Gasteiger partial charge in [-0.25, -0.2) is 0 Å². The molecule has 0 aromatic heterocycles. The summed E-state index contributed by atoms with van der Waals surface area (Å²) < 4.78 is 0. The smallest absolute Gasteiger partial charge is 0.269 e. The Balaban J connectivity index is 1.68. The Hall–Kier alpha value is -1.88. The molecule has 0 spiro atoms. The van der Waals surface area contributed by atoms with Gasteiger partial charge in [0.25, 0.3) is 5.91 Å². The number of hydrogen-bond acceptors (Lipinski definition) is 4. The van der Waals surface area contributed by atoms with Crippen LogP contribution < -0.4 is 0 Å². The van der Waals surface area contributed by atoms with Gasteiger partial charge in [0.2, 0.25) is 5.60 Å². The van der Waals surface area contributed by atoms with E-state index in [1.807, 2.05) is 42.2 Å².